The monoisotopic (exact) mass is 387 g/mol. The van der Waals surface area contributed by atoms with Crippen molar-refractivity contribution in [3.8, 4) is 11.3 Å². The summed E-state index contributed by atoms with van der Waals surface area (Å²) < 4.78 is 5.78. The molecule has 1 saturated heterocycles. The molecule has 2 heterocycles. The number of fused-ring (bicyclic) bond motifs is 1. The standard InChI is InChI=1S/C23H21N3O3/c1-23(18-11-10-15-8-5-9-17(15)12-18)21(27)26(22(28)25-23)14-20-24-13-19(29-20)16-6-3-2-4-7-16/h2-4,6-7,10-13H,5,8-9,14H2,1H3,(H,25,28)/t23-/m1/s1. The third-order valence-electron chi connectivity index (χ3n) is 5.86. The van der Waals surface area contributed by atoms with Crippen LogP contribution < -0.4 is 5.32 Å². The van der Waals surface area contributed by atoms with E-state index in [4.69, 9.17) is 4.42 Å². The molecular weight excluding hydrogens is 366 g/mol. The molecule has 1 fully saturated rings. The van der Waals surface area contributed by atoms with Gasteiger partial charge in [-0.3, -0.25) is 9.69 Å². The van der Waals surface area contributed by atoms with Crippen LogP contribution in [-0.2, 0) is 29.7 Å². The second kappa shape index (κ2) is 6.58. The van der Waals surface area contributed by atoms with E-state index in [2.05, 4.69) is 22.4 Å². The molecule has 0 radical (unpaired) electrons. The number of amides is 3. The normalized spacial score (nSPS) is 20.8. The molecule has 1 N–H and O–H groups in total. The van der Waals surface area contributed by atoms with Crippen LogP contribution in [0.3, 0.4) is 0 Å². The summed E-state index contributed by atoms with van der Waals surface area (Å²) in [4.78, 5) is 31.2. The number of hydrogen-bond donors (Lipinski definition) is 1. The highest BCUT2D eigenvalue weighted by Crippen LogP contribution is 2.33. The molecule has 6 nitrogen and oxygen atoms in total. The number of carbonyl (C=O) groups is 2. The molecule has 2 aliphatic rings. The van der Waals surface area contributed by atoms with E-state index in [1.54, 1.807) is 13.1 Å². The number of nitrogens with zero attached hydrogens (tertiary/aromatic N) is 2. The van der Waals surface area contributed by atoms with Crippen molar-refractivity contribution in [2.75, 3.05) is 0 Å². The number of urea groups is 1. The van der Waals surface area contributed by atoms with Crippen LogP contribution in [0.4, 0.5) is 4.79 Å². The van der Waals surface area contributed by atoms with Crippen molar-refractivity contribution in [3.05, 3.63) is 77.3 Å². The van der Waals surface area contributed by atoms with Gasteiger partial charge in [-0.25, -0.2) is 9.78 Å². The Kier molecular flexibility index (Phi) is 4.01. The third-order valence-corrected chi connectivity index (χ3v) is 5.86. The molecule has 1 aliphatic carbocycles. The first-order valence-electron chi connectivity index (χ1n) is 9.81. The molecule has 1 atom stereocenters. The molecule has 0 saturated carbocycles. The molecule has 0 bridgehead atoms. The van der Waals surface area contributed by atoms with Gasteiger partial charge in [0.25, 0.3) is 5.91 Å². The lowest BCUT2D eigenvalue weighted by molar-refractivity contribution is -0.131. The predicted molar refractivity (Wildman–Crippen MR) is 107 cm³/mol. The number of imide groups is 1. The van der Waals surface area contributed by atoms with E-state index >= 15 is 0 Å². The van der Waals surface area contributed by atoms with Crippen LogP contribution >= 0.6 is 0 Å². The lowest BCUT2D eigenvalue weighted by atomic mass is 9.90. The van der Waals surface area contributed by atoms with E-state index in [0.717, 1.165) is 30.4 Å². The van der Waals surface area contributed by atoms with Gasteiger partial charge in [0.15, 0.2) is 5.76 Å². The molecule has 146 valence electrons. The Morgan fingerprint density at radius 2 is 1.90 bits per heavy atom. The van der Waals surface area contributed by atoms with Crippen LogP contribution in [0.5, 0.6) is 0 Å². The van der Waals surface area contributed by atoms with Crippen LogP contribution in [0.25, 0.3) is 11.3 Å². The molecule has 2 aromatic carbocycles. The summed E-state index contributed by atoms with van der Waals surface area (Å²) in [5.74, 6) is 0.638. The van der Waals surface area contributed by atoms with Crippen LogP contribution in [0.2, 0.25) is 0 Å². The fourth-order valence-corrected chi connectivity index (χ4v) is 4.17. The Morgan fingerprint density at radius 1 is 1.10 bits per heavy atom. The van der Waals surface area contributed by atoms with Crippen molar-refractivity contribution in [3.63, 3.8) is 0 Å². The molecule has 1 aromatic heterocycles. The highest BCUT2D eigenvalue weighted by molar-refractivity contribution is 6.07. The first-order chi connectivity index (χ1) is 14.0. The summed E-state index contributed by atoms with van der Waals surface area (Å²) in [5.41, 5.74) is 3.23. The quantitative estimate of drug-likeness (QED) is 0.691. The van der Waals surface area contributed by atoms with Gasteiger partial charge in [-0.1, -0.05) is 48.5 Å². The Bertz CT molecular complexity index is 1110. The van der Waals surface area contributed by atoms with E-state index in [-0.39, 0.29) is 12.5 Å². The summed E-state index contributed by atoms with van der Waals surface area (Å²) in [6.45, 7) is 1.76. The number of carbonyl (C=O) groups excluding carboxylic acids is 2. The number of hydrogen-bond acceptors (Lipinski definition) is 4. The lowest BCUT2D eigenvalue weighted by Crippen LogP contribution is -2.41. The van der Waals surface area contributed by atoms with E-state index < -0.39 is 11.6 Å². The number of aryl methyl sites for hydroxylation is 2. The Morgan fingerprint density at radius 3 is 2.72 bits per heavy atom. The number of benzene rings is 2. The molecule has 1 aliphatic heterocycles. The predicted octanol–water partition coefficient (Wildman–Crippen LogP) is 3.80. The zero-order chi connectivity index (χ0) is 20.0. The number of oxazole rings is 1. The van der Waals surface area contributed by atoms with E-state index in [9.17, 15) is 9.59 Å². The van der Waals surface area contributed by atoms with Crippen molar-refractivity contribution >= 4 is 11.9 Å². The van der Waals surface area contributed by atoms with Crippen molar-refractivity contribution < 1.29 is 14.0 Å². The average Bonchev–Trinajstić information content (AvgIpc) is 3.44. The summed E-state index contributed by atoms with van der Waals surface area (Å²) in [6, 6.07) is 15.2. The van der Waals surface area contributed by atoms with E-state index in [0.29, 0.717) is 11.7 Å². The minimum atomic E-state index is -1.08. The summed E-state index contributed by atoms with van der Waals surface area (Å²) in [7, 11) is 0. The summed E-state index contributed by atoms with van der Waals surface area (Å²) in [5, 5.41) is 2.86. The van der Waals surface area contributed by atoms with Crippen LogP contribution in [0.1, 0.15) is 35.9 Å². The van der Waals surface area contributed by atoms with Crippen molar-refractivity contribution in [2.24, 2.45) is 0 Å². The van der Waals surface area contributed by atoms with Gasteiger partial charge >= 0.3 is 6.03 Å². The topological polar surface area (TPSA) is 75.4 Å². The Labute approximate surface area is 168 Å². The Balaban J connectivity index is 1.39. The third kappa shape index (κ3) is 2.92. The number of rotatable bonds is 4. The first-order valence-corrected chi connectivity index (χ1v) is 9.81. The minimum Gasteiger partial charge on any atom is -0.439 e. The van der Waals surface area contributed by atoms with Crippen LogP contribution in [-0.4, -0.2) is 21.8 Å². The van der Waals surface area contributed by atoms with Crippen LogP contribution in [0.15, 0.2) is 59.1 Å². The smallest absolute Gasteiger partial charge is 0.325 e. The minimum absolute atomic E-state index is 0.00195. The first kappa shape index (κ1) is 17.7. The maximum atomic E-state index is 13.2. The molecule has 3 amide bonds. The largest absolute Gasteiger partial charge is 0.439 e. The highest BCUT2D eigenvalue weighted by atomic mass is 16.4. The molecule has 0 unspecified atom stereocenters. The lowest BCUT2D eigenvalue weighted by Gasteiger charge is -2.23. The molecule has 5 rings (SSSR count). The maximum absolute atomic E-state index is 13.2. The number of aromatic nitrogens is 1. The molecular formula is C23H21N3O3. The number of nitrogens with one attached hydrogen (secondary N) is 1. The van der Waals surface area contributed by atoms with Crippen molar-refractivity contribution in [2.45, 2.75) is 38.3 Å². The van der Waals surface area contributed by atoms with Gasteiger partial charge in [0.2, 0.25) is 5.89 Å². The average molecular weight is 387 g/mol. The van der Waals surface area contributed by atoms with Gasteiger partial charge in [-0.05, 0) is 42.9 Å². The second-order valence-corrected chi connectivity index (χ2v) is 7.77. The highest BCUT2D eigenvalue weighted by Gasteiger charge is 2.49. The summed E-state index contributed by atoms with van der Waals surface area (Å²) >= 11 is 0. The second-order valence-electron chi connectivity index (χ2n) is 7.77. The van der Waals surface area contributed by atoms with Gasteiger partial charge in [-0.2, -0.15) is 0 Å². The maximum Gasteiger partial charge on any atom is 0.325 e. The van der Waals surface area contributed by atoms with Gasteiger partial charge in [0.05, 0.1) is 6.20 Å². The van der Waals surface area contributed by atoms with Gasteiger partial charge in [0, 0.05) is 5.56 Å². The van der Waals surface area contributed by atoms with Gasteiger partial charge in [0.1, 0.15) is 12.1 Å². The van der Waals surface area contributed by atoms with Crippen LogP contribution in [0, 0.1) is 0 Å². The van der Waals surface area contributed by atoms with Gasteiger partial charge in [-0.15, -0.1) is 0 Å². The molecule has 0 spiro atoms. The zero-order valence-corrected chi connectivity index (χ0v) is 16.1. The summed E-state index contributed by atoms with van der Waals surface area (Å²) in [6.07, 6.45) is 4.84. The fourth-order valence-electron chi connectivity index (χ4n) is 4.17. The molecule has 29 heavy (non-hydrogen) atoms. The zero-order valence-electron chi connectivity index (χ0n) is 16.1. The molecule has 6 heteroatoms. The fraction of sp³-hybridized carbons (Fsp3) is 0.261. The van der Waals surface area contributed by atoms with Crippen molar-refractivity contribution in [1.29, 1.82) is 0 Å². The molecule has 3 aromatic rings. The van der Waals surface area contributed by atoms with E-state index in [1.165, 1.54) is 16.0 Å². The van der Waals surface area contributed by atoms with Gasteiger partial charge < -0.3 is 9.73 Å². The Hall–Kier alpha value is -3.41. The van der Waals surface area contributed by atoms with E-state index in [1.807, 2.05) is 36.4 Å². The van der Waals surface area contributed by atoms with Crippen molar-refractivity contribution in [1.82, 2.24) is 15.2 Å². The SMILES string of the molecule is C[C@]1(c2ccc3c(c2)CCC3)NC(=O)N(Cc2ncc(-c3ccccc3)o2)C1=O.